The van der Waals surface area contributed by atoms with E-state index in [1.807, 2.05) is 66.4 Å². The third kappa shape index (κ3) is 8.21. The van der Waals surface area contributed by atoms with Gasteiger partial charge in [0.15, 0.2) is 0 Å². The van der Waals surface area contributed by atoms with Crippen LogP contribution in [0.5, 0.6) is 0 Å². The molecule has 1 atom stereocenters. The van der Waals surface area contributed by atoms with Crippen molar-refractivity contribution in [2.24, 2.45) is 5.92 Å². The van der Waals surface area contributed by atoms with Crippen LogP contribution in [0.3, 0.4) is 0 Å². The number of hydroxylamine groups is 2. The fourth-order valence-corrected chi connectivity index (χ4v) is 8.29. The van der Waals surface area contributed by atoms with E-state index in [1.165, 1.54) is 0 Å². The third-order valence-electron chi connectivity index (χ3n) is 9.47. The average Bonchev–Trinajstić information content (AvgIpc) is 3.51. The second kappa shape index (κ2) is 14.6. The lowest BCUT2D eigenvalue weighted by Crippen LogP contribution is -2.53. The van der Waals surface area contributed by atoms with Crippen LogP contribution in [-0.4, -0.2) is 71.8 Å². The maximum Gasteiger partial charge on any atom is 0.528 e. The monoisotopic (exact) mass is 702 g/mol. The van der Waals surface area contributed by atoms with Gasteiger partial charge in [0.1, 0.15) is 5.60 Å². The average molecular weight is 703 g/mol. The predicted octanol–water partition coefficient (Wildman–Crippen LogP) is 6.22. The molecule has 1 saturated carbocycles. The Morgan fingerprint density at radius 2 is 1.70 bits per heavy atom. The topological polar surface area (TPSA) is 141 Å². The molecule has 0 unspecified atom stereocenters. The van der Waals surface area contributed by atoms with E-state index in [9.17, 15) is 23.1 Å². The quantitative estimate of drug-likeness (QED) is 0.184. The third-order valence-corrected chi connectivity index (χ3v) is 11.0. The normalized spacial score (nSPS) is 20.5. The minimum absolute atomic E-state index is 0.0272. The van der Waals surface area contributed by atoms with Crippen LogP contribution < -0.4 is 4.72 Å². The number of hydrogen-bond acceptors (Lipinski definition) is 8. The highest BCUT2D eigenvalue weighted by atomic mass is 32.2. The van der Waals surface area contributed by atoms with Crippen molar-refractivity contribution in [2.75, 3.05) is 19.6 Å². The minimum atomic E-state index is -3.80. The Hall–Kier alpha value is -4.23. The first kappa shape index (κ1) is 35.6. The zero-order valence-corrected chi connectivity index (χ0v) is 29.8. The number of H-pyrrole nitrogens is 1. The number of benzene rings is 3. The minimum Gasteiger partial charge on any atom is -0.427 e. The molecule has 1 aliphatic heterocycles. The highest BCUT2D eigenvalue weighted by molar-refractivity contribution is 7.89. The molecular weight excluding hydrogens is 657 g/mol. The molecule has 0 bridgehead atoms. The molecule has 1 amide bonds. The lowest BCUT2D eigenvalue weighted by atomic mass is 9.85. The van der Waals surface area contributed by atoms with Crippen molar-refractivity contribution in [3.63, 3.8) is 0 Å². The van der Waals surface area contributed by atoms with Crippen LogP contribution in [0.4, 0.5) is 4.79 Å². The second-order valence-corrected chi connectivity index (χ2v) is 16.0. The van der Waals surface area contributed by atoms with Gasteiger partial charge in [0, 0.05) is 40.7 Å². The van der Waals surface area contributed by atoms with Gasteiger partial charge in [0.05, 0.1) is 30.6 Å². The number of rotatable bonds is 8. The predicted molar refractivity (Wildman–Crippen MR) is 190 cm³/mol. The Bertz CT molecular complexity index is 1950. The summed E-state index contributed by atoms with van der Waals surface area (Å²) in [5.74, 6) is -0.199. The summed E-state index contributed by atoms with van der Waals surface area (Å²) in [4.78, 5) is 37.3. The van der Waals surface area contributed by atoms with Gasteiger partial charge in [-0.25, -0.2) is 17.9 Å². The van der Waals surface area contributed by atoms with Crippen molar-refractivity contribution in [1.82, 2.24) is 19.7 Å². The molecule has 0 radical (unpaired) electrons. The van der Waals surface area contributed by atoms with E-state index in [0.29, 0.717) is 50.8 Å². The molecule has 266 valence electrons. The molecule has 11 nitrogen and oxygen atoms in total. The number of amides is 1. The van der Waals surface area contributed by atoms with Crippen molar-refractivity contribution in [3.05, 3.63) is 89.5 Å². The molecule has 2 aliphatic rings. The number of ether oxygens (including phenoxy) is 1. The number of nitrogens with one attached hydrogen (secondary N) is 2. The van der Waals surface area contributed by atoms with E-state index in [2.05, 4.69) is 9.71 Å². The Balaban J connectivity index is 1.08. The standard InChI is InChI=1S/C38H46N4O7S/c1-25-20-26(24-43)10-17-32(25)34-21-29-13-16-31(22-33(29)39-34)50(46,47)40-30-14-11-28(12-15-30)36(44)42-19-18-41(49-37(45)48-38(2,3)4)23-35(42)27-8-6-5-7-9-27/h5-10,13,16-17,20-22,28,30,35,39-40,43H,11-12,14-15,18-19,23-24H2,1-4H3/t28-,30-,35-/m1/s1. The lowest BCUT2D eigenvalue weighted by molar-refractivity contribution is -0.176. The SMILES string of the molecule is Cc1cc(CO)ccc1-c1cc2ccc(S(=O)(=O)N[C@H]3CC[C@H](C(=O)N4CCN(OC(=O)OC(C)(C)C)C[C@@H]4c4ccccc4)CC3)cc2[nH]1. The molecule has 2 fully saturated rings. The smallest absolute Gasteiger partial charge is 0.427 e. The second-order valence-electron chi connectivity index (χ2n) is 14.3. The van der Waals surface area contributed by atoms with Gasteiger partial charge in [-0.1, -0.05) is 54.6 Å². The van der Waals surface area contributed by atoms with E-state index in [4.69, 9.17) is 9.57 Å². The fraction of sp³-hybridized carbons (Fsp3) is 0.421. The molecule has 1 aromatic heterocycles. The number of nitrogens with zero attached hydrogens (tertiary/aromatic N) is 2. The maximum atomic E-state index is 14.0. The zero-order chi connectivity index (χ0) is 35.6. The van der Waals surface area contributed by atoms with E-state index >= 15 is 0 Å². The van der Waals surface area contributed by atoms with Crippen molar-refractivity contribution in [1.29, 1.82) is 0 Å². The van der Waals surface area contributed by atoms with E-state index in [0.717, 1.165) is 33.3 Å². The van der Waals surface area contributed by atoms with Crippen LogP contribution in [0.2, 0.25) is 0 Å². The van der Waals surface area contributed by atoms with Crippen molar-refractivity contribution in [3.8, 4) is 11.3 Å². The first-order chi connectivity index (χ1) is 23.8. The van der Waals surface area contributed by atoms with Gasteiger partial charge in [-0.2, -0.15) is 0 Å². The van der Waals surface area contributed by atoms with Gasteiger partial charge in [0.25, 0.3) is 0 Å². The van der Waals surface area contributed by atoms with Gasteiger partial charge in [-0.15, -0.1) is 5.06 Å². The number of aryl methyl sites for hydroxylation is 1. The molecule has 1 saturated heterocycles. The lowest BCUT2D eigenvalue weighted by Gasteiger charge is -2.42. The fourth-order valence-electron chi connectivity index (χ4n) is 6.96. The van der Waals surface area contributed by atoms with Gasteiger partial charge in [-0.05, 0) is 88.3 Å². The number of fused-ring (bicyclic) bond motifs is 1. The molecule has 6 rings (SSSR count). The van der Waals surface area contributed by atoms with Crippen molar-refractivity contribution in [2.45, 2.75) is 82.6 Å². The van der Waals surface area contributed by atoms with Crippen LogP contribution in [0.15, 0.2) is 77.7 Å². The summed E-state index contributed by atoms with van der Waals surface area (Å²) in [5, 5.41) is 11.9. The van der Waals surface area contributed by atoms with Crippen molar-refractivity contribution >= 4 is 33.0 Å². The number of carbonyl (C=O) groups is 2. The number of aliphatic hydroxyl groups is 1. The number of carbonyl (C=O) groups excluding carboxylic acids is 2. The molecule has 1 aliphatic carbocycles. The molecule has 4 aromatic rings. The van der Waals surface area contributed by atoms with Gasteiger partial charge >= 0.3 is 6.16 Å². The largest absolute Gasteiger partial charge is 0.528 e. The van der Waals surface area contributed by atoms with E-state index in [-0.39, 0.29) is 35.4 Å². The number of hydrogen-bond donors (Lipinski definition) is 3. The molecule has 0 spiro atoms. The van der Waals surface area contributed by atoms with Gasteiger partial charge in [0.2, 0.25) is 15.9 Å². The Morgan fingerprint density at radius 3 is 2.38 bits per heavy atom. The molecule has 3 aromatic carbocycles. The van der Waals surface area contributed by atoms with Crippen LogP contribution in [-0.2, 0) is 31.0 Å². The Kier molecular flexibility index (Phi) is 10.4. The van der Waals surface area contributed by atoms with Crippen LogP contribution in [0.1, 0.15) is 69.2 Å². The van der Waals surface area contributed by atoms with Crippen molar-refractivity contribution < 1.29 is 32.7 Å². The molecule has 3 N–H and O–H groups in total. The first-order valence-corrected chi connectivity index (χ1v) is 18.6. The summed E-state index contributed by atoms with van der Waals surface area (Å²) >= 11 is 0. The van der Waals surface area contributed by atoms with Gasteiger partial charge < -0.3 is 24.6 Å². The summed E-state index contributed by atoms with van der Waals surface area (Å²) in [5.41, 5.74) is 4.68. The number of aliphatic hydroxyl groups excluding tert-OH is 1. The number of sulfonamides is 1. The molecule has 2 heterocycles. The van der Waals surface area contributed by atoms with E-state index in [1.54, 1.807) is 44.0 Å². The summed E-state index contributed by atoms with van der Waals surface area (Å²) in [6.07, 6.45) is 1.45. The zero-order valence-electron chi connectivity index (χ0n) is 29.0. The summed E-state index contributed by atoms with van der Waals surface area (Å²) in [6, 6.07) is 21.9. The van der Waals surface area contributed by atoms with Crippen LogP contribution in [0, 0.1) is 12.8 Å². The summed E-state index contributed by atoms with van der Waals surface area (Å²) in [7, 11) is -3.80. The van der Waals surface area contributed by atoms with Crippen LogP contribution in [0.25, 0.3) is 22.2 Å². The summed E-state index contributed by atoms with van der Waals surface area (Å²) in [6.45, 7) is 8.32. The molecule has 12 heteroatoms. The van der Waals surface area contributed by atoms with E-state index < -0.39 is 21.8 Å². The summed E-state index contributed by atoms with van der Waals surface area (Å²) < 4.78 is 35.3. The highest BCUT2D eigenvalue weighted by Crippen LogP contribution is 2.34. The molecular formula is C38H46N4O7S. The molecule has 50 heavy (non-hydrogen) atoms. The number of aromatic nitrogens is 1. The number of piperazine rings is 1. The number of aromatic amines is 1. The highest BCUT2D eigenvalue weighted by Gasteiger charge is 2.38. The Morgan fingerprint density at radius 1 is 0.960 bits per heavy atom. The first-order valence-electron chi connectivity index (χ1n) is 17.2. The van der Waals surface area contributed by atoms with Crippen LogP contribution >= 0.6 is 0 Å². The Labute approximate surface area is 293 Å². The van der Waals surface area contributed by atoms with Gasteiger partial charge in [-0.3, -0.25) is 4.79 Å². The maximum absolute atomic E-state index is 14.0.